The SMILES string of the molecule is COCCc1nnc2n1C[C@H]1CC[C@@H](C2)N1C(=O)C1CCC1. The van der Waals surface area contributed by atoms with E-state index >= 15 is 0 Å². The van der Waals surface area contributed by atoms with Crippen LogP contribution < -0.4 is 0 Å². The van der Waals surface area contributed by atoms with Crippen LogP contribution >= 0.6 is 0 Å². The molecule has 3 heterocycles. The molecule has 0 N–H and O–H groups in total. The lowest BCUT2D eigenvalue weighted by Gasteiger charge is -2.35. The van der Waals surface area contributed by atoms with Gasteiger partial charge in [0.25, 0.3) is 0 Å². The van der Waals surface area contributed by atoms with E-state index in [-0.39, 0.29) is 0 Å². The van der Waals surface area contributed by atoms with E-state index in [9.17, 15) is 4.79 Å². The first-order valence-corrected chi connectivity index (χ1v) is 8.50. The van der Waals surface area contributed by atoms with Crippen molar-refractivity contribution >= 4 is 5.91 Å². The van der Waals surface area contributed by atoms with Crippen LogP contribution in [0.2, 0.25) is 0 Å². The van der Waals surface area contributed by atoms with E-state index in [1.54, 1.807) is 7.11 Å². The lowest BCUT2D eigenvalue weighted by Crippen LogP contribution is -2.46. The highest BCUT2D eigenvalue weighted by atomic mass is 16.5. The Morgan fingerprint density at radius 1 is 1.23 bits per heavy atom. The van der Waals surface area contributed by atoms with Gasteiger partial charge in [-0.25, -0.2) is 0 Å². The number of hydrogen-bond donors (Lipinski definition) is 0. The standard InChI is InChI=1S/C16H24N4O2/c1-22-8-7-14-17-18-15-9-12-5-6-13(10-19(14)15)20(12)16(21)11-3-2-4-11/h11-13H,2-10H2,1H3/t12-,13+/m0/s1. The number of carbonyl (C=O) groups is 1. The van der Waals surface area contributed by atoms with Crippen LogP contribution in [0.15, 0.2) is 0 Å². The Morgan fingerprint density at radius 2 is 2.05 bits per heavy atom. The minimum Gasteiger partial charge on any atom is -0.384 e. The van der Waals surface area contributed by atoms with Gasteiger partial charge in [-0.1, -0.05) is 6.42 Å². The second-order valence-electron chi connectivity index (χ2n) is 6.85. The molecule has 1 aromatic heterocycles. The smallest absolute Gasteiger partial charge is 0.226 e. The Bertz CT molecular complexity index is 566. The zero-order valence-corrected chi connectivity index (χ0v) is 13.2. The topological polar surface area (TPSA) is 60.3 Å². The third-order valence-corrected chi connectivity index (χ3v) is 5.57. The van der Waals surface area contributed by atoms with Crippen LogP contribution in [0.1, 0.15) is 43.8 Å². The first kappa shape index (κ1) is 14.2. The molecule has 2 aliphatic heterocycles. The zero-order chi connectivity index (χ0) is 15.1. The summed E-state index contributed by atoms with van der Waals surface area (Å²) in [4.78, 5) is 15.0. The van der Waals surface area contributed by atoms with E-state index in [4.69, 9.17) is 4.74 Å². The molecule has 22 heavy (non-hydrogen) atoms. The molecule has 3 aliphatic rings. The highest BCUT2D eigenvalue weighted by molar-refractivity contribution is 5.80. The Morgan fingerprint density at radius 3 is 2.77 bits per heavy atom. The monoisotopic (exact) mass is 304 g/mol. The van der Waals surface area contributed by atoms with Gasteiger partial charge in [0.1, 0.15) is 11.6 Å². The van der Waals surface area contributed by atoms with Gasteiger partial charge < -0.3 is 14.2 Å². The van der Waals surface area contributed by atoms with Crippen LogP contribution in [-0.4, -0.2) is 51.4 Å². The van der Waals surface area contributed by atoms with Gasteiger partial charge in [-0.05, 0) is 25.7 Å². The third-order valence-electron chi connectivity index (χ3n) is 5.57. The maximum atomic E-state index is 12.8. The van der Waals surface area contributed by atoms with Crippen molar-refractivity contribution < 1.29 is 9.53 Å². The molecule has 1 saturated carbocycles. The number of carbonyl (C=O) groups excluding carboxylic acids is 1. The second kappa shape index (κ2) is 5.65. The molecule has 1 saturated heterocycles. The van der Waals surface area contributed by atoms with Gasteiger partial charge in [-0.15, -0.1) is 10.2 Å². The average molecular weight is 304 g/mol. The molecule has 6 nitrogen and oxygen atoms in total. The molecule has 0 radical (unpaired) electrons. The molecule has 2 bridgehead atoms. The summed E-state index contributed by atoms with van der Waals surface area (Å²) < 4.78 is 7.41. The number of aromatic nitrogens is 3. The molecule has 6 heteroatoms. The Balaban J connectivity index is 1.56. The fraction of sp³-hybridized carbons (Fsp3) is 0.812. The highest BCUT2D eigenvalue weighted by Crippen LogP contribution is 2.36. The maximum Gasteiger partial charge on any atom is 0.226 e. The van der Waals surface area contributed by atoms with Gasteiger partial charge in [0.15, 0.2) is 0 Å². The van der Waals surface area contributed by atoms with E-state index in [0.717, 1.165) is 56.7 Å². The minimum absolute atomic E-state index is 0.291. The summed E-state index contributed by atoms with van der Waals surface area (Å²) >= 11 is 0. The Labute approximate surface area is 130 Å². The van der Waals surface area contributed by atoms with Crippen molar-refractivity contribution in [3.63, 3.8) is 0 Å². The van der Waals surface area contributed by atoms with E-state index in [2.05, 4.69) is 19.7 Å². The molecule has 0 spiro atoms. The fourth-order valence-corrected chi connectivity index (χ4v) is 4.10. The van der Waals surface area contributed by atoms with Crippen LogP contribution in [0.5, 0.6) is 0 Å². The number of nitrogens with zero attached hydrogens (tertiary/aromatic N) is 4. The molecular formula is C16H24N4O2. The zero-order valence-electron chi connectivity index (χ0n) is 13.2. The van der Waals surface area contributed by atoms with Gasteiger partial charge in [0.2, 0.25) is 5.91 Å². The summed E-state index contributed by atoms with van der Waals surface area (Å²) in [7, 11) is 1.71. The fourth-order valence-electron chi connectivity index (χ4n) is 4.10. The number of methoxy groups -OCH3 is 1. The summed E-state index contributed by atoms with van der Waals surface area (Å²) in [5.74, 6) is 2.74. The van der Waals surface area contributed by atoms with Crippen LogP contribution in [0.25, 0.3) is 0 Å². The van der Waals surface area contributed by atoms with E-state index in [1.807, 2.05) is 0 Å². The van der Waals surface area contributed by atoms with E-state index in [0.29, 0.717) is 30.5 Å². The molecule has 0 unspecified atom stereocenters. The van der Waals surface area contributed by atoms with E-state index < -0.39 is 0 Å². The number of hydrogen-bond acceptors (Lipinski definition) is 4. The molecule has 120 valence electrons. The Hall–Kier alpha value is -1.43. The first-order chi connectivity index (χ1) is 10.8. The lowest BCUT2D eigenvalue weighted by atomic mass is 9.84. The molecule has 1 aliphatic carbocycles. The maximum absolute atomic E-state index is 12.8. The number of fused-ring (bicyclic) bond motifs is 3. The van der Waals surface area contributed by atoms with Gasteiger partial charge in [-0.2, -0.15) is 0 Å². The van der Waals surface area contributed by atoms with Crippen LogP contribution in [0.4, 0.5) is 0 Å². The molecule has 2 atom stereocenters. The van der Waals surface area contributed by atoms with Crippen molar-refractivity contribution in [1.82, 2.24) is 19.7 Å². The van der Waals surface area contributed by atoms with Gasteiger partial charge in [0.05, 0.1) is 12.6 Å². The largest absolute Gasteiger partial charge is 0.384 e. The molecule has 2 fully saturated rings. The van der Waals surface area contributed by atoms with Crippen molar-refractivity contribution in [3.05, 3.63) is 11.6 Å². The third kappa shape index (κ3) is 2.24. The number of amides is 1. The van der Waals surface area contributed by atoms with Crippen LogP contribution in [0, 0.1) is 5.92 Å². The number of rotatable bonds is 4. The molecule has 1 aromatic rings. The quantitative estimate of drug-likeness (QED) is 0.838. The van der Waals surface area contributed by atoms with Crippen molar-refractivity contribution in [2.45, 2.75) is 63.6 Å². The van der Waals surface area contributed by atoms with E-state index in [1.165, 1.54) is 6.42 Å². The van der Waals surface area contributed by atoms with Crippen molar-refractivity contribution in [2.75, 3.05) is 13.7 Å². The molecule has 0 aromatic carbocycles. The molecule has 1 amide bonds. The predicted octanol–water partition coefficient (Wildman–Crippen LogP) is 1.18. The lowest BCUT2D eigenvalue weighted by molar-refractivity contribution is -0.141. The van der Waals surface area contributed by atoms with Crippen molar-refractivity contribution in [3.8, 4) is 0 Å². The predicted molar refractivity (Wildman–Crippen MR) is 80.3 cm³/mol. The first-order valence-electron chi connectivity index (χ1n) is 8.50. The van der Waals surface area contributed by atoms with Crippen molar-refractivity contribution in [2.24, 2.45) is 5.92 Å². The summed E-state index contributed by atoms with van der Waals surface area (Å²) in [6, 6.07) is 0.662. The van der Waals surface area contributed by atoms with Gasteiger partial charge in [-0.3, -0.25) is 4.79 Å². The van der Waals surface area contributed by atoms with Gasteiger partial charge >= 0.3 is 0 Å². The normalized spacial score (nSPS) is 27.4. The highest BCUT2D eigenvalue weighted by Gasteiger charge is 2.43. The minimum atomic E-state index is 0.291. The molecular weight excluding hydrogens is 280 g/mol. The second-order valence-corrected chi connectivity index (χ2v) is 6.85. The number of ether oxygens (including phenoxy) is 1. The van der Waals surface area contributed by atoms with Crippen LogP contribution in [-0.2, 0) is 28.9 Å². The summed E-state index contributed by atoms with van der Waals surface area (Å²) in [6.45, 7) is 1.52. The summed E-state index contributed by atoms with van der Waals surface area (Å²) in [6.07, 6.45) is 7.26. The molecule has 4 rings (SSSR count). The van der Waals surface area contributed by atoms with Crippen LogP contribution in [0.3, 0.4) is 0 Å². The van der Waals surface area contributed by atoms with Gasteiger partial charge in [0, 0.05) is 38.5 Å². The average Bonchev–Trinajstić information content (AvgIpc) is 2.95. The van der Waals surface area contributed by atoms with Crippen molar-refractivity contribution in [1.29, 1.82) is 0 Å². The summed E-state index contributed by atoms with van der Waals surface area (Å²) in [5, 5.41) is 8.72. The Kier molecular flexibility index (Phi) is 3.64. The summed E-state index contributed by atoms with van der Waals surface area (Å²) in [5.41, 5.74) is 0.